The predicted octanol–water partition coefficient (Wildman–Crippen LogP) is 5.14. The van der Waals surface area contributed by atoms with Crippen molar-refractivity contribution in [3.05, 3.63) is 115 Å². The smallest absolute Gasteiger partial charge is 0.147 e. The molecule has 4 aromatic rings. The second-order valence-corrected chi connectivity index (χ2v) is 7.16. The summed E-state index contributed by atoms with van der Waals surface area (Å²) in [5.74, 6) is 0. The first-order valence-electron chi connectivity index (χ1n) is 9.81. The van der Waals surface area contributed by atoms with Gasteiger partial charge < -0.3 is 9.69 Å². The van der Waals surface area contributed by atoms with Crippen LogP contribution in [0, 0.1) is 0 Å². The standard InChI is InChI=1S/C26H19N3O/c30-18-26-24(21-11-10-19-6-1-2-7-20(19)14-21)15-22(25-9-3-4-13-28-25)17-29(26)23-8-5-12-27-16-23/h1-18,26H. The number of hydrogen-bond acceptors (Lipinski definition) is 4. The van der Waals surface area contributed by atoms with Gasteiger partial charge in [-0.2, -0.15) is 0 Å². The van der Waals surface area contributed by atoms with E-state index in [-0.39, 0.29) is 0 Å². The van der Waals surface area contributed by atoms with E-state index in [1.807, 2.05) is 53.6 Å². The molecule has 144 valence electrons. The molecule has 0 fully saturated rings. The van der Waals surface area contributed by atoms with Crippen molar-refractivity contribution in [3.8, 4) is 0 Å². The molecule has 2 aromatic carbocycles. The number of benzene rings is 2. The Morgan fingerprint density at radius 2 is 1.73 bits per heavy atom. The van der Waals surface area contributed by atoms with E-state index in [0.717, 1.165) is 39.8 Å². The zero-order chi connectivity index (χ0) is 20.3. The van der Waals surface area contributed by atoms with Gasteiger partial charge in [0.1, 0.15) is 12.3 Å². The molecular weight excluding hydrogens is 370 g/mol. The van der Waals surface area contributed by atoms with Gasteiger partial charge in [-0.05, 0) is 58.3 Å². The number of pyridine rings is 2. The molecular formula is C26H19N3O. The number of aromatic nitrogens is 2. The Labute approximate surface area is 174 Å². The van der Waals surface area contributed by atoms with Crippen LogP contribution in [0.2, 0.25) is 0 Å². The van der Waals surface area contributed by atoms with Crippen molar-refractivity contribution in [1.29, 1.82) is 0 Å². The van der Waals surface area contributed by atoms with Gasteiger partial charge in [-0.3, -0.25) is 9.97 Å². The van der Waals surface area contributed by atoms with Crippen molar-refractivity contribution in [2.24, 2.45) is 0 Å². The zero-order valence-corrected chi connectivity index (χ0v) is 16.2. The molecule has 0 bridgehead atoms. The summed E-state index contributed by atoms with van der Waals surface area (Å²) in [7, 11) is 0. The molecule has 0 spiro atoms. The topological polar surface area (TPSA) is 46.1 Å². The van der Waals surface area contributed by atoms with Crippen LogP contribution < -0.4 is 4.90 Å². The molecule has 0 aliphatic carbocycles. The molecule has 2 aromatic heterocycles. The number of nitrogens with zero attached hydrogens (tertiary/aromatic N) is 3. The second-order valence-electron chi connectivity index (χ2n) is 7.16. The third kappa shape index (κ3) is 3.29. The summed E-state index contributed by atoms with van der Waals surface area (Å²) in [6, 6.07) is 23.8. The Kier molecular flexibility index (Phi) is 4.66. The number of rotatable bonds is 4. The van der Waals surface area contributed by atoms with Crippen LogP contribution in [0.15, 0.2) is 104 Å². The summed E-state index contributed by atoms with van der Waals surface area (Å²) in [6.07, 6.45) is 10.3. The Hall–Kier alpha value is -4.05. The molecule has 0 amide bonds. The number of carbonyl (C=O) groups is 1. The molecule has 1 aliphatic rings. The van der Waals surface area contributed by atoms with Gasteiger partial charge in [0.05, 0.1) is 17.6 Å². The van der Waals surface area contributed by atoms with Crippen LogP contribution in [-0.4, -0.2) is 22.3 Å². The molecule has 4 nitrogen and oxygen atoms in total. The minimum Gasteiger partial charge on any atom is -0.332 e. The van der Waals surface area contributed by atoms with E-state index in [1.165, 1.54) is 5.39 Å². The molecule has 1 atom stereocenters. The Morgan fingerprint density at radius 1 is 0.867 bits per heavy atom. The molecule has 1 unspecified atom stereocenters. The fourth-order valence-corrected chi connectivity index (χ4v) is 3.85. The van der Waals surface area contributed by atoms with Crippen molar-refractivity contribution < 1.29 is 4.79 Å². The first-order valence-corrected chi connectivity index (χ1v) is 9.81. The van der Waals surface area contributed by atoms with Gasteiger partial charge in [-0.15, -0.1) is 0 Å². The molecule has 0 saturated heterocycles. The summed E-state index contributed by atoms with van der Waals surface area (Å²) < 4.78 is 0. The van der Waals surface area contributed by atoms with Gasteiger partial charge in [0, 0.05) is 24.2 Å². The summed E-state index contributed by atoms with van der Waals surface area (Å²) in [5.41, 5.74) is 4.60. The normalized spacial score (nSPS) is 16.1. The highest BCUT2D eigenvalue weighted by Crippen LogP contribution is 2.35. The number of anilines is 1. The van der Waals surface area contributed by atoms with Crippen LogP contribution >= 0.6 is 0 Å². The van der Waals surface area contributed by atoms with Crippen LogP contribution in [0.25, 0.3) is 21.9 Å². The van der Waals surface area contributed by atoms with Crippen molar-refractivity contribution >= 4 is 33.9 Å². The fraction of sp³-hybridized carbons (Fsp3) is 0.0385. The molecule has 5 rings (SSSR count). The van der Waals surface area contributed by atoms with Crippen LogP contribution in [0.4, 0.5) is 5.69 Å². The Morgan fingerprint density at radius 3 is 2.50 bits per heavy atom. The van der Waals surface area contributed by atoms with Gasteiger partial charge in [0.25, 0.3) is 0 Å². The first kappa shape index (κ1) is 18.0. The van der Waals surface area contributed by atoms with E-state index >= 15 is 0 Å². The van der Waals surface area contributed by atoms with Crippen LogP contribution in [0.3, 0.4) is 0 Å². The van der Waals surface area contributed by atoms with E-state index < -0.39 is 6.04 Å². The molecule has 30 heavy (non-hydrogen) atoms. The van der Waals surface area contributed by atoms with Crippen molar-refractivity contribution in [1.82, 2.24) is 9.97 Å². The lowest BCUT2D eigenvalue weighted by molar-refractivity contribution is -0.107. The van der Waals surface area contributed by atoms with E-state index in [9.17, 15) is 4.79 Å². The Balaban J connectivity index is 1.69. The maximum absolute atomic E-state index is 12.3. The SMILES string of the molecule is O=CC1C(c2ccc3ccccc3c2)=CC(c2ccccn2)=CN1c1cccnc1. The lowest BCUT2D eigenvalue weighted by Gasteiger charge is -2.33. The first-order chi connectivity index (χ1) is 14.8. The van der Waals surface area contributed by atoms with Crippen LogP contribution in [-0.2, 0) is 4.79 Å². The second kappa shape index (κ2) is 7.76. The van der Waals surface area contributed by atoms with E-state index in [2.05, 4.69) is 46.4 Å². The van der Waals surface area contributed by atoms with Gasteiger partial charge in [-0.1, -0.05) is 42.5 Å². The monoisotopic (exact) mass is 389 g/mol. The van der Waals surface area contributed by atoms with Gasteiger partial charge >= 0.3 is 0 Å². The zero-order valence-electron chi connectivity index (χ0n) is 16.2. The minimum absolute atomic E-state index is 0.456. The number of allylic oxidation sites excluding steroid dienone is 2. The third-order valence-corrected chi connectivity index (χ3v) is 5.32. The largest absolute Gasteiger partial charge is 0.332 e. The highest BCUT2D eigenvalue weighted by Gasteiger charge is 2.27. The summed E-state index contributed by atoms with van der Waals surface area (Å²) >= 11 is 0. The van der Waals surface area contributed by atoms with Gasteiger partial charge in [-0.25, -0.2) is 0 Å². The lowest BCUT2D eigenvalue weighted by Crippen LogP contribution is -2.35. The van der Waals surface area contributed by atoms with E-state index in [4.69, 9.17) is 0 Å². The van der Waals surface area contributed by atoms with Crippen LogP contribution in [0.5, 0.6) is 0 Å². The average molecular weight is 389 g/mol. The fourth-order valence-electron chi connectivity index (χ4n) is 3.85. The maximum atomic E-state index is 12.3. The molecule has 3 heterocycles. The maximum Gasteiger partial charge on any atom is 0.147 e. The molecule has 0 radical (unpaired) electrons. The number of hydrogen-bond donors (Lipinski definition) is 0. The average Bonchev–Trinajstić information content (AvgIpc) is 2.84. The number of carbonyl (C=O) groups excluding carboxylic acids is 1. The molecule has 0 saturated carbocycles. The predicted molar refractivity (Wildman–Crippen MR) is 121 cm³/mol. The highest BCUT2D eigenvalue weighted by molar-refractivity contribution is 5.99. The number of aldehydes is 1. The van der Waals surface area contributed by atoms with Gasteiger partial charge in [0.2, 0.25) is 0 Å². The number of fused-ring (bicyclic) bond motifs is 1. The summed E-state index contributed by atoms with van der Waals surface area (Å²) in [4.78, 5) is 23.0. The third-order valence-electron chi connectivity index (χ3n) is 5.32. The quantitative estimate of drug-likeness (QED) is 0.453. The van der Waals surface area contributed by atoms with Crippen molar-refractivity contribution in [2.75, 3.05) is 4.90 Å². The highest BCUT2D eigenvalue weighted by atomic mass is 16.1. The summed E-state index contributed by atoms with van der Waals surface area (Å²) in [6.45, 7) is 0. The summed E-state index contributed by atoms with van der Waals surface area (Å²) in [5, 5.41) is 2.31. The molecule has 4 heteroatoms. The van der Waals surface area contributed by atoms with Crippen molar-refractivity contribution in [3.63, 3.8) is 0 Å². The minimum atomic E-state index is -0.456. The van der Waals surface area contributed by atoms with Crippen LogP contribution in [0.1, 0.15) is 11.3 Å². The Bertz CT molecular complexity index is 1260. The van der Waals surface area contributed by atoms with Crippen molar-refractivity contribution in [2.45, 2.75) is 6.04 Å². The van der Waals surface area contributed by atoms with E-state index in [0.29, 0.717) is 0 Å². The van der Waals surface area contributed by atoms with Gasteiger partial charge in [0.15, 0.2) is 0 Å². The molecule has 1 aliphatic heterocycles. The molecule has 0 N–H and O–H groups in total. The van der Waals surface area contributed by atoms with E-state index in [1.54, 1.807) is 18.6 Å². The lowest BCUT2D eigenvalue weighted by atomic mass is 9.90.